The number of ether oxygens (including phenoxy) is 1. The van der Waals surface area contributed by atoms with Crippen LogP contribution in [0.3, 0.4) is 0 Å². The molecule has 1 saturated heterocycles. The monoisotopic (exact) mass is 535 g/mol. The van der Waals surface area contributed by atoms with E-state index in [-0.39, 0.29) is 36.4 Å². The van der Waals surface area contributed by atoms with E-state index in [4.69, 9.17) is 9.15 Å². The number of furan rings is 1. The van der Waals surface area contributed by atoms with Crippen molar-refractivity contribution in [1.82, 2.24) is 20.9 Å². The van der Waals surface area contributed by atoms with Crippen LogP contribution < -0.4 is 16.0 Å². The minimum Gasteiger partial charge on any atom is -0.467 e. The number of nitrogens with one attached hydrogen (secondary N) is 3. The number of rotatable bonds is 11. The molecule has 0 aromatic carbocycles. The molecule has 1 fully saturated rings. The maximum absolute atomic E-state index is 12.1. The fraction of sp³-hybridized carbons (Fsp3) is 0.714. The Morgan fingerprint density at radius 3 is 2.50 bits per heavy atom. The molecular weight excluding hydrogens is 497 g/mol. The molecule has 1 aliphatic heterocycles. The maximum Gasteiger partial charge on any atom is 0.242 e. The molecule has 8 nitrogen and oxygen atoms in total. The van der Waals surface area contributed by atoms with E-state index in [0.29, 0.717) is 24.5 Å². The predicted molar refractivity (Wildman–Crippen MR) is 130 cm³/mol. The molecule has 2 heterocycles. The van der Waals surface area contributed by atoms with Gasteiger partial charge in [0.2, 0.25) is 5.91 Å². The van der Waals surface area contributed by atoms with Crippen molar-refractivity contribution in [3.8, 4) is 0 Å². The summed E-state index contributed by atoms with van der Waals surface area (Å²) in [7, 11) is 0. The lowest BCUT2D eigenvalue weighted by molar-refractivity contribution is -0.119. The summed E-state index contributed by atoms with van der Waals surface area (Å²) in [5.41, 5.74) is 0. The van der Waals surface area contributed by atoms with Crippen LogP contribution in [0.4, 0.5) is 0 Å². The van der Waals surface area contributed by atoms with Crippen molar-refractivity contribution in [2.75, 3.05) is 45.9 Å². The second kappa shape index (κ2) is 15.5. The molecular formula is C21H38IN5O3. The minimum absolute atomic E-state index is 0. The number of hydrogen-bond donors (Lipinski definition) is 3. The van der Waals surface area contributed by atoms with E-state index in [1.807, 2.05) is 13.0 Å². The SMILES string of the molecule is CCNC(=NCC(=O)NCc1ccco1)NCC(C(CC)CC)N1CCOCC1.I. The zero-order valence-corrected chi connectivity index (χ0v) is 20.8. The van der Waals surface area contributed by atoms with E-state index in [0.717, 1.165) is 58.0 Å². The van der Waals surface area contributed by atoms with Crippen molar-refractivity contribution < 1.29 is 13.9 Å². The fourth-order valence-electron chi connectivity index (χ4n) is 3.68. The minimum atomic E-state index is -0.136. The van der Waals surface area contributed by atoms with E-state index in [9.17, 15) is 4.79 Å². The van der Waals surface area contributed by atoms with Crippen LogP contribution in [0.2, 0.25) is 0 Å². The van der Waals surface area contributed by atoms with Crippen molar-refractivity contribution >= 4 is 35.8 Å². The van der Waals surface area contributed by atoms with Crippen molar-refractivity contribution in [2.24, 2.45) is 10.9 Å². The third-order valence-electron chi connectivity index (χ3n) is 5.35. The topological polar surface area (TPSA) is 91.1 Å². The Morgan fingerprint density at radius 1 is 1.17 bits per heavy atom. The summed E-state index contributed by atoms with van der Waals surface area (Å²) in [6.07, 6.45) is 3.88. The van der Waals surface area contributed by atoms with Crippen molar-refractivity contribution in [3.63, 3.8) is 0 Å². The van der Waals surface area contributed by atoms with Gasteiger partial charge in [0.15, 0.2) is 5.96 Å². The number of carbonyl (C=O) groups excluding carboxylic acids is 1. The largest absolute Gasteiger partial charge is 0.467 e. The summed E-state index contributed by atoms with van der Waals surface area (Å²) in [5, 5.41) is 9.51. The molecule has 2 rings (SSSR count). The molecule has 1 unspecified atom stereocenters. The van der Waals surface area contributed by atoms with Crippen LogP contribution in [0.5, 0.6) is 0 Å². The molecule has 0 spiro atoms. The number of guanidine groups is 1. The van der Waals surface area contributed by atoms with Crippen LogP contribution in [0.15, 0.2) is 27.8 Å². The lowest BCUT2D eigenvalue weighted by atomic mass is 9.92. The number of nitrogens with zero attached hydrogens (tertiary/aromatic N) is 2. The summed E-state index contributed by atoms with van der Waals surface area (Å²) in [6, 6.07) is 4.06. The van der Waals surface area contributed by atoms with Gasteiger partial charge in [-0.2, -0.15) is 0 Å². The molecule has 1 amide bonds. The van der Waals surface area contributed by atoms with Gasteiger partial charge in [0.1, 0.15) is 12.3 Å². The third-order valence-corrected chi connectivity index (χ3v) is 5.35. The van der Waals surface area contributed by atoms with Gasteiger partial charge in [-0.3, -0.25) is 9.69 Å². The Hall–Kier alpha value is -1.33. The third kappa shape index (κ3) is 9.22. The van der Waals surface area contributed by atoms with Gasteiger partial charge in [0, 0.05) is 32.2 Å². The average molecular weight is 535 g/mol. The molecule has 1 atom stereocenters. The van der Waals surface area contributed by atoms with Crippen LogP contribution in [-0.4, -0.2) is 68.7 Å². The Kier molecular flexibility index (Phi) is 13.8. The Morgan fingerprint density at radius 2 is 1.90 bits per heavy atom. The van der Waals surface area contributed by atoms with Gasteiger partial charge in [0.05, 0.1) is 26.0 Å². The number of aliphatic imine (C=N–C) groups is 1. The lowest BCUT2D eigenvalue weighted by Crippen LogP contribution is -2.53. The number of halogens is 1. The molecule has 1 aromatic heterocycles. The maximum atomic E-state index is 12.1. The van der Waals surface area contributed by atoms with E-state index >= 15 is 0 Å². The van der Waals surface area contributed by atoms with Crippen LogP contribution in [0.1, 0.15) is 39.4 Å². The summed E-state index contributed by atoms with van der Waals surface area (Å²) < 4.78 is 10.8. The van der Waals surface area contributed by atoms with Crippen LogP contribution in [-0.2, 0) is 16.1 Å². The first-order valence-corrected chi connectivity index (χ1v) is 10.8. The molecule has 0 saturated carbocycles. The van der Waals surface area contributed by atoms with E-state index in [1.165, 1.54) is 0 Å². The molecule has 3 N–H and O–H groups in total. The van der Waals surface area contributed by atoms with Gasteiger partial charge >= 0.3 is 0 Å². The summed E-state index contributed by atoms with van der Waals surface area (Å²) in [6.45, 7) is 12.0. The molecule has 9 heteroatoms. The fourth-order valence-corrected chi connectivity index (χ4v) is 3.68. The molecule has 0 aliphatic carbocycles. The Balaban J connectivity index is 0.00000450. The molecule has 30 heavy (non-hydrogen) atoms. The lowest BCUT2D eigenvalue weighted by Gasteiger charge is -2.39. The first-order chi connectivity index (χ1) is 14.2. The first-order valence-electron chi connectivity index (χ1n) is 10.8. The molecule has 0 radical (unpaired) electrons. The van der Waals surface area contributed by atoms with E-state index in [1.54, 1.807) is 12.3 Å². The van der Waals surface area contributed by atoms with Gasteiger partial charge in [-0.05, 0) is 25.0 Å². The second-order valence-corrected chi connectivity index (χ2v) is 7.22. The van der Waals surface area contributed by atoms with E-state index in [2.05, 4.69) is 39.7 Å². The number of amides is 1. The summed E-state index contributed by atoms with van der Waals surface area (Å²) >= 11 is 0. The highest BCUT2D eigenvalue weighted by Crippen LogP contribution is 2.19. The van der Waals surface area contributed by atoms with Crippen LogP contribution in [0.25, 0.3) is 0 Å². The van der Waals surface area contributed by atoms with Gasteiger partial charge < -0.3 is 25.1 Å². The van der Waals surface area contributed by atoms with Gasteiger partial charge in [-0.1, -0.05) is 26.7 Å². The summed E-state index contributed by atoms with van der Waals surface area (Å²) in [4.78, 5) is 19.1. The number of carbonyl (C=O) groups is 1. The zero-order chi connectivity index (χ0) is 20.9. The Labute approximate surface area is 197 Å². The number of morpholine rings is 1. The van der Waals surface area contributed by atoms with Gasteiger partial charge in [-0.15, -0.1) is 24.0 Å². The van der Waals surface area contributed by atoms with Crippen molar-refractivity contribution in [3.05, 3.63) is 24.2 Å². The second-order valence-electron chi connectivity index (χ2n) is 7.22. The Bertz CT molecular complexity index is 602. The van der Waals surface area contributed by atoms with Crippen molar-refractivity contribution in [1.29, 1.82) is 0 Å². The quantitative estimate of drug-likeness (QED) is 0.229. The van der Waals surface area contributed by atoms with Crippen LogP contribution in [0, 0.1) is 5.92 Å². The smallest absolute Gasteiger partial charge is 0.242 e. The molecule has 1 aromatic rings. The van der Waals surface area contributed by atoms with Gasteiger partial charge in [0.25, 0.3) is 0 Å². The summed E-state index contributed by atoms with van der Waals surface area (Å²) in [5.74, 6) is 1.87. The highest BCUT2D eigenvalue weighted by atomic mass is 127. The molecule has 1 aliphatic rings. The van der Waals surface area contributed by atoms with Crippen LogP contribution >= 0.6 is 24.0 Å². The first kappa shape index (κ1) is 26.7. The molecule has 0 bridgehead atoms. The van der Waals surface area contributed by atoms with Gasteiger partial charge in [-0.25, -0.2) is 4.99 Å². The zero-order valence-electron chi connectivity index (χ0n) is 18.5. The number of hydrogen-bond acceptors (Lipinski definition) is 5. The molecule has 172 valence electrons. The van der Waals surface area contributed by atoms with Crippen molar-refractivity contribution in [2.45, 2.75) is 46.2 Å². The highest BCUT2D eigenvalue weighted by molar-refractivity contribution is 14.0. The standard InChI is InChI=1S/C21H37N5O3.HI/c1-4-17(5-2)19(26-9-12-28-13-10-26)15-24-21(22-6-3)25-16-20(27)23-14-18-8-7-11-29-18;/h7-8,11,17,19H,4-6,9-10,12-16H2,1-3H3,(H,23,27)(H2,22,24,25);1H. The van der Waals surface area contributed by atoms with E-state index < -0.39 is 0 Å². The average Bonchev–Trinajstić information content (AvgIpc) is 3.27. The highest BCUT2D eigenvalue weighted by Gasteiger charge is 2.27. The predicted octanol–water partition coefficient (Wildman–Crippen LogP) is 2.21. The normalized spacial score (nSPS) is 16.1.